The summed E-state index contributed by atoms with van der Waals surface area (Å²) >= 11 is 5.69. The maximum Gasteiger partial charge on any atom is 0.233 e. The molecule has 0 saturated carbocycles. The van der Waals surface area contributed by atoms with Crippen molar-refractivity contribution in [3.8, 4) is 5.88 Å². The van der Waals surface area contributed by atoms with E-state index in [0.29, 0.717) is 17.6 Å². The van der Waals surface area contributed by atoms with E-state index in [1.165, 1.54) is 6.20 Å². The van der Waals surface area contributed by atoms with Crippen LogP contribution in [0.2, 0.25) is 5.15 Å². The number of hydrogen-bond donors (Lipinski definition) is 0. The molecule has 2 heterocycles. The molecule has 0 amide bonds. The molecule has 5 heteroatoms. The highest BCUT2D eigenvalue weighted by molar-refractivity contribution is 6.29. The first-order chi connectivity index (χ1) is 8.34. The molecule has 0 fully saturated rings. The quantitative estimate of drug-likeness (QED) is 0.764. The van der Waals surface area contributed by atoms with E-state index in [0.717, 1.165) is 18.5 Å². The van der Waals surface area contributed by atoms with Crippen LogP contribution in [-0.4, -0.2) is 21.6 Å². The Bertz CT molecular complexity index is 464. The molecule has 0 atom stereocenters. The van der Waals surface area contributed by atoms with Gasteiger partial charge in [-0.15, -0.1) is 0 Å². The number of aryl methyl sites for hydroxylation is 1. The van der Waals surface area contributed by atoms with Gasteiger partial charge in [0.05, 0.1) is 19.0 Å². The number of aromatic nitrogens is 3. The monoisotopic (exact) mass is 249 g/mol. The van der Waals surface area contributed by atoms with E-state index in [-0.39, 0.29) is 0 Å². The van der Waals surface area contributed by atoms with Crippen LogP contribution in [-0.2, 0) is 6.42 Å². The summed E-state index contributed by atoms with van der Waals surface area (Å²) in [6.45, 7) is 0.575. The molecule has 0 aliphatic rings. The van der Waals surface area contributed by atoms with E-state index in [1.54, 1.807) is 12.4 Å². The predicted octanol–water partition coefficient (Wildman–Crippen LogP) is 2.54. The molecule has 0 aliphatic carbocycles. The summed E-state index contributed by atoms with van der Waals surface area (Å²) in [4.78, 5) is 12.1. The Kier molecular flexibility index (Phi) is 4.27. The van der Waals surface area contributed by atoms with Crippen molar-refractivity contribution in [1.29, 1.82) is 0 Å². The van der Waals surface area contributed by atoms with E-state index in [9.17, 15) is 0 Å². The normalized spacial score (nSPS) is 10.2. The Labute approximate surface area is 105 Å². The molecule has 0 spiro atoms. The van der Waals surface area contributed by atoms with Gasteiger partial charge in [0.25, 0.3) is 0 Å². The van der Waals surface area contributed by atoms with Crippen LogP contribution >= 0.6 is 11.6 Å². The van der Waals surface area contributed by atoms with Gasteiger partial charge in [0.2, 0.25) is 5.88 Å². The van der Waals surface area contributed by atoms with Gasteiger partial charge in [0, 0.05) is 11.9 Å². The number of nitrogens with zero attached hydrogens (tertiary/aromatic N) is 3. The second-order valence-electron chi connectivity index (χ2n) is 3.45. The van der Waals surface area contributed by atoms with Crippen molar-refractivity contribution in [3.63, 3.8) is 0 Å². The minimum absolute atomic E-state index is 0.340. The average molecular weight is 250 g/mol. The standard InChI is InChI=1S/C12H12ClN3O/c13-11-8-14-9-12(16-11)17-7-3-5-10-4-1-2-6-15-10/h1-2,4,6,8-9H,3,5,7H2. The van der Waals surface area contributed by atoms with Gasteiger partial charge in [0.15, 0.2) is 5.15 Å². The lowest BCUT2D eigenvalue weighted by Gasteiger charge is -2.04. The molecule has 0 radical (unpaired) electrons. The summed E-state index contributed by atoms with van der Waals surface area (Å²) in [6, 6.07) is 5.88. The SMILES string of the molecule is Clc1cncc(OCCCc2ccccn2)n1. The Hall–Kier alpha value is -1.68. The zero-order valence-corrected chi connectivity index (χ0v) is 9.97. The molecular formula is C12H12ClN3O. The number of pyridine rings is 1. The van der Waals surface area contributed by atoms with Gasteiger partial charge in [-0.05, 0) is 25.0 Å². The summed E-state index contributed by atoms with van der Waals surface area (Å²) in [6.07, 6.45) is 6.58. The number of ether oxygens (including phenoxy) is 1. The van der Waals surface area contributed by atoms with Crippen LogP contribution in [0.5, 0.6) is 5.88 Å². The third-order valence-electron chi connectivity index (χ3n) is 2.14. The van der Waals surface area contributed by atoms with Gasteiger partial charge in [-0.3, -0.25) is 9.97 Å². The lowest BCUT2D eigenvalue weighted by atomic mass is 10.2. The fraction of sp³-hybridized carbons (Fsp3) is 0.250. The highest BCUT2D eigenvalue weighted by Gasteiger charge is 1.98. The maximum absolute atomic E-state index is 5.69. The summed E-state index contributed by atoms with van der Waals surface area (Å²) in [7, 11) is 0. The lowest BCUT2D eigenvalue weighted by Crippen LogP contribution is -2.02. The second kappa shape index (κ2) is 6.15. The molecular weight excluding hydrogens is 238 g/mol. The highest BCUT2D eigenvalue weighted by atomic mass is 35.5. The van der Waals surface area contributed by atoms with Gasteiger partial charge in [-0.1, -0.05) is 17.7 Å². The first-order valence-corrected chi connectivity index (χ1v) is 5.72. The molecule has 0 saturated heterocycles. The molecule has 0 aliphatic heterocycles. The number of halogens is 1. The Morgan fingerprint density at radius 2 is 2.18 bits per heavy atom. The van der Waals surface area contributed by atoms with E-state index >= 15 is 0 Å². The van der Waals surface area contributed by atoms with Crippen molar-refractivity contribution >= 4 is 11.6 Å². The van der Waals surface area contributed by atoms with Crippen LogP contribution in [0.1, 0.15) is 12.1 Å². The van der Waals surface area contributed by atoms with Gasteiger partial charge in [0.1, 0.15) is 0 Å². The van der Waals surface area contributed by atoms with Crippen molar-refractivity contribution in [2.75, 3.05) is 6.61 Å². The molecule has 0 bridgehead atoms. The molecule has 2 aromatic heterocycles. The Balaban J connectivity index is 1.73. The third-order valence-corrected chi connectivity index (χ3v) is 2.32. The van der Waals surface area contributed by atoms with Crippen LogP contribution in [0.25, 0.3) is 0 Å². The van der Waals surface area contributed by atoms with Crippen molar-refractivity contribution in [2.45, 2.75) is 12.8 Å². The summed E-state index contributed by atoms with van der Waals surface area (Å²) in [5.74, 6) is 0.457. The van der Waals surface area contributed by atoms with Crippen molar-refractivity contribution in [3.05, 3.63) is 47.6 Å². The van der Waals surface area contributed by atoms with Crippen LogP contribution in [0.4, 0.5) is 0 Å². The molecule has 0 aromatic carbocycles. The molecule has 2 rings (SSSR count). The third kappa shape index (κ3) is 4.00. The summed E-state index contributed by atoms with van der Waals surface area (Å²) < 4.78 is 5.42. The molecule has 88 valence electrons. The second-order valence-corrected chi connectivity index (χ2v) is 3.84. The number of hydrogen-bond acceptors (Lipinski definition) is 4. The minimum atomic E-state index is 0.340. The zero-order valence-electron chi connectivity index (χ0n) is 9.21. The molecule has 4 nitrogen and oxygen atoms in total. The van der Waals surface area contributed by atoms with E-state index in [4.69, 9.17) is 16.3 Å². The minimum Gasteiger partial charge on any atom is -0.477 e. The van der Waals surface area contributed by atoms with Crippen LogP contribution < -0.4 is 4.74 Å². The summed E-state index contributed by atoms with van der Waals surface area (Å²) in [5, 5.41) is 0.340. The molecule has 0 unspecified atom stereocenters. The van der Waals surface area contributed by atoms with E-state index in [2.05, 4.69) is 15.0 Å². The first kappa shape index (κ1) is 11.8. The lowest BCUT2D eigenvalue weighted by molar-refractivity contribution is 0.297. The van der Waals surface area contributed by atoms with Crippen molar-refractivity contribution in [2.24, 2.45) is 0 Å². The van der Waals surface area contributed by atoms with Gasteiger partial charge < -0.3 is 4.74 Å². The smallest absolute Gasteiger partial charge is 0.233 e. The topological polar surface area (TPSA) is 47.9 Å². The van der Waals surface area contributed by atoms with Crippen LogP contribution in [0.3, 0.4) is 0 Å². The first-order valence-electron chi connectivity index (χ1n) is 5.35. The average Bonchev–Trinajstić information content (AvgIpc) is 2.36. The van der Waals surface area contributed by atoms with Gasteiger partial charge >= 0.3 is 0 Å². The maximum atomic E-state index is 5.69. The number of rotatable bonds is 5. The largest absolute Gasteiger partial charge is 0.477 e. The van der Waals surface area contributed by atoms with Crippen LogP contribution in [0, 0.1) is 0 Å². The molecule has 0 N–H and O–H groups in total. The molecule has 2 aromatic rings. The highest BCUT2D eigenvalue weighted by Crippen LogP contribution is 2.09. The fourth-order valence-electron chi connectivity index (χ4n) is 1.37. The molecule has 17 heavy (non-hydrogen) atoms. The summed E-state index contributed by atoms with van der Waals surface area (Å²) in [5.41, 5.74) is 1.06. The Morgan fingerprint density at radius 3 is 2.94 bits per heavy atom. The van der Waals surface area contributed by atoms with E-state index < -0.39 is 0 Å². The van der Waals surface area contributed by atoms with Crippen molar-refractivity contribution in [1.82, 2.24) is 15.0 Å². The van der Waals surface area contributed by atoms with Gasteiger partial charge in [-0.2, -0.15) is 4.98 Å². The van der Waals surface area contributed by atoms with Crippen LogP contribution in [0.15, 0.2) is 36.8 Å². The van der Waals surface area contributed by atoms with Crippen molar-refractivity contribution < 1.29 is 4.74 Å². The van der Waals surface area contributed by atoms with Gasteiger partial charge in [-0.25, -0.2) is 0 Å². The van der Waals surface area contributed by atoms with E-state index in [1.807, 2.05) is 18.2 Å². The predicted molar refractivity (Wildman–Crippen MR) is 65.1 cm³/mol. The fourth-order valence-corrected chi connectivity index (χ4v) is 1.51. The zero-order chi connectivity index (χ0) is 11.9. The Morgan fingerprint density at radius 1 is 1.24 bits per heavy atom.